The zero-order valence-corrected chi connectivity index (χ0v) is 7.19. The van der Waals surface area contributed by atoms with E-state index >= 15 is 0 Å². The molecule has 1 heterocycles. The van der Waals surface area contributed by atoms with Gasteiger partial charge >= 0.3 is 5.97 Å². The monoisotopic (exact) mass is 184 g/mol. The Labute approximate surface area is 76.3 Å². The molecule has 72 valence electrons. The van der Waals surface area contributed by atoms with Crippen LogP contribution < -0.4 is 5.32 Å². The van der Waals surface area contributed by atoms with Crippen LogP contribution in [-0.4, -0.2) is 36.4 Å². The van der Waals surface area contributed by atoms with Gasteiger partial charge in [0.05, 0.1) is 18.6 Å². The van der Waals surface area contributed by atoms with E-state index in [1.54, 1.807) is 0 Å². The first kappa shape index (κ1) is 9.96. The van der Waals surface area contributed by atoms with Gasteiger partial charge in [0.25, 0.3) is 0 Å². The molecule has 0 amide bonds. The number of carbonyl (C=O) groups excluding carboxylic acids is 1. The average Bonchev–Trinajstić information content (AvgIpc) is 2.52. The molecule has 0 aliphatic carbocycles. The lowest BCUT2D eigenvalue weighted by Crippen LogP contribution is -2.32. The van der Waals surface area contributed by atoms with Gasteiger partial charge in [-0.15, -0.1) is 0 Å². The van der Waals surface area contributed by atoms with E-state index in [0.29, 0.717) is 13.0 Å². The Morgan fingerprint density at radius 1 is 1.77 bits per heavy atom. The van der Waals surface area contributed by atoms with Crippen molar-refractivity contribution in [2.75, 3.05) is 13.2 Å². The molecule has 5 nitrogen and oxygen atoms in total. The fourth-order valence-corrected chi connectivity index (χ4v) is 1.19. The van der Waals surface area contributed by atoms with Crippen molar-refractivity contribution in [3.05, 3.63) is 0 Å². The number of aliphatic hydroxyl groups is 1. The molecule has 0 saturated carbocycles. The maximum Gasteiger partial charge on any atom is 0.323 e. The first-order chi connectivity index (χ1) is 6.24. The van der Waals surface area contributed by atoms with Crippen LogP contribution in [0.2, 0.25) is 0 Å². The molecule has 1 fully saturated rings. The molecule has 1 aliphatic rings. The normalized spacial score (nSPS) is 26.8. The van der Waals surface area contributed by atoms with Crippen LogP contribution in [0.3, 0.4) is 0 Å². The number of nitriles is 1. The number of hydrogen-bond acceptors (Lipinski definition) is 5. The zero-order valence-electron chi connectivity index (χ0n) is 7.19. The summed E-state index contributed by atoms with van der Waals surface area (Å²) in [5, 5.41) is 20.1. The fraction of sp³-hybridized carbons (Fsp3) is 0.750. The lowest BCUT2D eigenvalue weighted by Gasteiger charge is -2.08. The Morgan fingerprint density at radius 3 is 3.08 bits per heavy atom. The molecular formula is C8H12N2O3. The summed E-state index contributed by atoms with van der Waals surface area (Å²) in [6.45, 7) is 0.557. The molecule has 0 radical (unpaired) electrons. The number of β-amino-alcohol motifs (C(OH)–C–C–N with tert-alkyl or cyclic N) is 1. The standard InChI is InChI=1S/C8H12N2O3/c9-2-1-3-13-8(12)7-4-6(11)5-10-7/h6-7,10-11H,1,3-5H2/t6?,7-/m0/s1. The van der Waals surface area contributed by atoms with Crippen molar-refractivity contribution >= 4 is 5.97 Å². The van der Waals surface area contributed by atoms with Crippen LogP contribution in [0.15, 0.2) is 0 Å². The number of rotatable bonds is 3. The molecule has 0 aromatic carbocycles. The highest BCUT2D eigenvalue weighted by Gasteiger charge is 2.28. The second kappa shape index (κ2) is 4.80. The van der Waals surface area contributed by atoms with Crippen LogP contribution >= 0.6 is 0 Å². The van der Waals surface area contributed by atoms with Crippen molar-refractivity contribution in [3.63, 3.8) is 0 Å². The van der Waals surface area contributed by atoms with E-state index in [4.69, 9.17) is 15.1 Å². The van der Waals surface area contributed by atoms with E-state index in [2.05, 4.69) is 5.32 Å². The minimum Gasteiger partial charge on any atom is -0.463 e. The molecule has 13 heavy (non-hydrogen) atoms. The van der Waals surface area contributed by atoms with Crippen molar-refractivity contribution in [3.8, 4) is 6.07 Å². The molecule has 0 aromatic rings. The Bertz CT molecular complexity index is 224. The number of aliphatic hydroxyl groups excluding tert-OH is 1. The van der Waals surface area contributed by atoms with E-state index in [9.17, 15) is 4.79 Å². The molecule has 5 heteroatoms. The Kier molecular flexibility index (Phi) is 3.68. The SMILES string of the molecule is N#CCCOC(=O)[C@@H]1CC(O)CN1. The molecule has 0 spiro atoms. The highest BCUT2D eigenvalue weighted by Crippen LogP contribution is 2.07. The maximum absolute atomic E-state index is 11.2. The molecule has 2 N–H and O–H groups in total. The first-order valence-corrected chi connectivity index (χ1v) is 4.19. The molecule has 0 aromatic heterocycles. The van der Waals surface area contributed by atoms with Crippen molar-refractivity contribution in [2.45, 2.75) is 25.0 Å². The van der Waals surface area contributed by atoms with Gasteiger partial charge in [-0.25, -0.2) is 0 Å². The Morgan fingerprint density at radius 2 is 2.54 bits per heavy atom. The molecule has 1 rings (SSSR count). The fourth-order valence-electron chi connectivity index (χ4n) is 1.19. The van der Waals surface area contributed by atoms with Crippen LogP contribution in [0.4, 0.5) is 0 Å². The number of esters is 1. The number of hydrogen-bond donors (Lipinski definition) is 2. The van der Waals surface area contributed by atoms with Gasteiger partial charge < -0.3 is 15.2 Å². The topological polar surface area (TPSA) is 82.3 Å². The van der Waals surface area contributed by atoms with Crippen LogP contribution in [0.1, 0.15) is 12.8 Å². The van der Waals surface area contributed by atoms with E-state index in [1.807, 2.05) is 6.07 Å². The minimum absolute atomic E-state index is 0.129. The Hall–Kier alpha value is -1.12. The number of nitrogens with one attached hydrogen (secondary N) is 1. The first-order valence-electron chi connectivity index (χ1n) is 4.19. The predicted octanol–water partition coefficient (Wildman–Crippen LogP) is -0.834. The average molecular weight is 184 g/mol. The molecule has 2 atom stereocenters. The van der Waals surface area contributed by atoms with Crippen molar-refractivity contribution in [1.29, 1.82) is 5.26 Å². The quantitative estimate of drug-likeness (QED) is 0.441. The molecular weight excluding hydrogens is 172 g/mol. The van der Waals surface area contributed by atoms with E-state index < -0.39 is 12.1 Å². The number of carbonyl (C=O) groups is 1. The van der Waals surface area contributed by atoms with Gasteiger partial charge in [-0.2, -0.15) is 5.26 Å². The summed E-state index contributed by atoms with van der Waals surface area (Å²) in [6.07, 6.45) is 0.139. The van der Waals surface area contributed by atoms with Gasteiger partial charge in [-0.3, -0.25) is 4.79 Å². The highest BCUT2D eigenvalue weighted by molar-refractivity contribution is 5.76. The van der Waals surface area contributed by atoms with Gasteiger partial charge in [-0.1, -0.05) is 0 Å². The summed E-state index contributed by atoms with van der Waals surface area (Å²) in [5.41, 5.74) is 0. The smallest absolute Gasteiger partial charge is 0.323 e. The van der Waals surface area contributed by atoms with Gasteiger partial charge in [0, 0.05) is 13.0 Å². The summed E-state index contributed by atoms with van der Waals surface area (Å²) >= 11 is 0. The van der Waals surface area contributed by atoms with Crippen molar-refractivity contribution < 1.29 is 14.6 Å². The van der Waals surface area contributed by atoms with Gasteiger partial charge in [0.15, 0.2) is 0 Å². The van der Waals surface area contributed by atoms with Crippen molar-refractivity contribution in [2.24, 2.45) is 0 Å². The molecule has 1 saturated heterocycles. The van der Waals surface area contributed by atoms with Gasteiger partial charge in [-0.05, 0) is 0 Å². The summed E-state index contributed by atoms with van der Waals surface area (Å²) in [4.78, 5) is 11.2. The Balaban J connectivity index is 2.21. The lowest BCUT2D eigenvalue weighted by atomic mass is 10.2. The summed E-state index contributed by atoms with van der Waals surface area (Å²) in [6, 6.07) is 1.47. The van der Waals surface area contributed by atoms with E-state index in [-0.39, 0.29) is 19.0 Å². The largest absolute Gasteiger partial charge is 0.463 e. The van der Waals surface area contributed by atoms with Crippen LogP contribution in [0, 0.1) is 11.3 Å². The zero-order chi connectivity index (χ0) is 9.68. The third-order valence-corrected chi connectivity index (χ3v) is 1.85. The second-order valence-corrected chi connectivity index (χ2v) is 2.93. The predicted molar refractivity (Wildman–Crippen MR) is 43.6 cm³/mol. The summed E-state index contributed by atoms with van der Waals surface area (Å²) in [7, 11) is 0. The third kappa shape index (κ3) is 3.01. The third-order valence-electron chi connectivity index (χ3n) is 1.85. The molecule has 1 unspecified atom stereocenters. The van der Waals surface area contributed by atoms with E-state index in [1.165, 1.54) is 0 Å². The number of ether oxygens (including phenoxy) is 1. The van der Waals surface area contributed by atoms with Gasteiger partial charge in [0.2, 0.25) is 0 Å². The van der Waals surface area contributed by atoms with Crippen LogP contribution in [0.25, 0.3) is 0 Å². The van der Waals surface area contributed by atoms with Crippen LogP contribution in [-0.2, 0) is 9.53 Å². The van der Waals surface area contributed by atoms with Crippen LogP contribution in [0.5, 0.6) is 0 Å². The lowest BCUT2D eigenvalue weighted by molar-refractivity contribution is -0.145. The number of nitrogens with zero attached hydrogens (tertiary/aromatic N) is 1. The molecule has 1 aliphatic heterocycles. The van der Waals surface area contributed by atoms with Crippen molar-refractivity contribution in [1.82, 2.24) is 5.32 Å². The summed E-state index contributed by atoms with van der Waals surface area (Å²) < 4.78 is 4.78. The molecule has 0 bridgehead atoms. The van der Waals surface area contributed by atoms with E-state index in [0.717, 1.165) is 0 Å². The second-order valence-electron chi connectivity index (χ2n) is 2.93. The maximum atomic E-state index is 11.2. The highest BCUT2D eigenvalue weighted by atomic mass is 16.5. The summed E-state index contributed by atoms with van der Waals surface area (Å²) in [5.74, 6) is -0.383. The van der Waals surface area contributed by atoms with Gasteiger partial charge in [0.1, 0.15) is 12.6 Å². The minimum atomic E-state index is -0.464.